The highest BCUT2D eigenvalue weighted by atomic mass is 16.5. The van der Waals surface area contributed by atoms with Crippen molar-refractivity contribution in [3.05, 3.63) is 77.7 Å². The molecule has 0 spiro atoms. The number of rotatable bonds is 7. The molecule has 0 bridgehead atoms. The van der Waals surface area contributed by atoms with Crippen molar-refractivity contribution in [1.29, 1.82) is 0 Å². The van der Waals surface area contributed by atoms with Gasteiger partial charge in [-0.2, -0.15) is 14.6 Å². The first-order chi connectivity index (χ1) is 13.7. The smallest absolute Gasteiger partial charge is 0.254 e. The van der Waals surface area contributed by atoms with Crippen LogP contribution in [0, 0.1) is 6.92 Å². The Kier molecular flexibility index (Phi) is 5.16. The Bertz CT molecular complexity index is 1090. The molecule has 0 saturated carbocycles. The van der Waals surface area contributed by atoms with Gasteiger partial charge in [-0.25, -0.2) is 4.98 Å². The molecule has 0 amide bonds. The summed E-state index contributed by atoms with van der Waals surface area (Å²) >= 11 is 0. The SMILES string of the molecule is COCc1cc(NCc2ccccc2Oc2ccccc2C)n2ncnc2n1. The lowest BCUT2D eigenvalue weighted by Crippen LogP contribution is -2.09. The first kappa shape index (κ1) is 17.9. The fraction of sp³-hybridized carbons (Fsp3) is 0.190. The highest BCUT2D eigenvalue weighted by Gasteiger charge is 2.10. The molecule has 0 radical (unpaired) electrons. The number of aryl methyl sites for hydroxylation is 1. The average molecular weight is 375 g/mol. The molecule has 2 heterocycles. The maximum absolute atomic E-state index is 6.16. The third-order valence-electron chi connectivity index (χ3n) is 4.34. The van der Waals surface area contributed by atoms with Crippen LogP contribution in [-0.4, -0.2) is 26.7 Å². The van der Waals surface area contributed by atoms with E-state index in [9.17, 15) is 0 Å². The largest absolute Gasteiger partial charge is 0.457 e. The normalized spacial score (nSPS) is 10.9. The van der Waals surface area contributed by atoms with Gasteiger partial charge in [0, 0.05) is 25.3 Å². The fourth-order valence-electron chi connectivity index (χ4n) is 2.93. The third-order valence-corrected chi connectivity index (χ3v) is 4.34. The summed E-state index contributed by atoms with van der Waals surface area (Å²) in [6.45, 7) is 3.00. The van der Waals surface area contributed by atoms with Crippen LogP contribution < -0.4 is 10.1 Å². The van der Waals surface area contributed by atoms with E-state index in [0.29, 0.717) is 18.9 Å². The Morgan fingerprint density at radius 3 is 2.64 bits per heavy atom. The zero-order valence-corrected chi connectivity index (χ0v) is 15.8. The molecule has 7 heteroatoms. The maximum atomic E-state index is 6.16. The minimum Gasteiger partial charge on any atom is -0.457 e. The molecule has 2 aromatic carbocycles. The summed E-state index contributed by atoms with van der Waals surface area (Å²) in [5, 5.41) is 7.66. The van der Waals surface area contributed by atoms with Crippen LogP contribution in [0.15, 0.2) is 60.9 Å². The number of aromatic nitrogens is 4. The fourth-order valence-corrected chi connectivity index (χ4v) is 2.93. The van der Waals surface area contributed by atoms with Crippen molar-refractivity contribution in [3.63, 3.8) is 0 Å². The summed E-state index contributed by atoms with van der Waals surface area (Å²) in [6, 6.07) is 17.9. The Morgan fingerprint density at radius 2 is 1.82 bits per heavy atom. The lowest BCUT2D eigenvalue weighted by Gasteiger charge is -2.14. The van der Waals surface area contributed by atoms with Crippen LogP contribution in [0.25, 0.3) is 5.78 Å². The number of fused-ring (bicyclic) bond motifs is 1. The number of nitrogens with zero attached hydrogens (tertiary/aromatic N) is 4. The first-order valence-electron chi connectivity index (χ1n) is 8.98. The van der Waals surface area contributed by atoms with E-state index in [4.69, 9.17) is 9.47 Å². The molecule has 0 atom stereocenters. The number of para-hydroxylation sites is 2. The van der Waals surface area contributed by atoms with Gasteiger partial charge in [0.15, 0.2) is 0 Å². The molecule has 0 fully saturated rings. The predicted octanol–water partition coefficient (Wildman–Crippen LogP) is 3.98. The summed E-state index contributed by atoms with van der Waals surface area (Å²) in [5.74, 6) is 2.98. The van der Waals surface area contributed by atoms with E-state index < -0.39 is 0 Å². The second-order valence-corrected chi connectivity index (χ2v) is 6.37. The quantitative estimate of drug-likeness (QED) is 0.527. The van der Waals surface area contributed by atoms with Gasteiger partial charge in [-0.1, -0.05) is 36.4 Å². The molecule has 1 N–H and O–H groups in total. The van der Waals surface area contributed by atoms with Crippen LogP contribution in [-0.2, 0) is 17.9 Å². The molecule has 142 valence electrons. The van der Waals surface area contributed by atoms with Gasteiger partial charge >= 0.3 is 0 Å². The molecule has 28 heavy (non-hydrogen) atoms. The molecule has 0 aliphatic heterocycles. The number of anilines is 1. The first-order valence-corrected chi connectivity index (χ1v) is 8.98. The Morgan fingerprint density at radius 1 is 1.04 bits per heavy atom. The van der Waals surface area contributed by atoms with Crippen LogP contribution in [0.5, 0.6) is 11.5 Å². The lowest BCUT2D eigenvalue weighted by molar-refractivity contribution is 0.181. The number of nitrogens with one attached hydrogen (secondary N) is 1. The Labute approximate surface area is 163 Å². The minimum absolute atomic E-state index is 0.408. The van der Waals surface area contributed by atoms with Crippen molar-refractivity contribution in [1.82, 2.24) is 19.6 Å². The van der Waals surface area contributed by atoms with E-state index in [1.54, 1.807) is 11.6 Å². The summed E-state index contributed by atoms with van der Waals surface area (Å²) < 4.78 is 13.0. The topological polar surface area (TPSA) is 73.6 Å². The van der Waals surface area contributed by atoms with E-state index in [2.05, 4.69) is 20.4 Å². The summed E-state index contributed by atoms with van der Waals surface area (Å²) in [7, 11) is 1.64. The minimum atomic E-state index is 0.408. The summed E-state index contributed by atoms with van der Waals surface area (Å²) in [4.78, 5) is 8.60. The number of ether oxygens (including phenoxy) is 2. The summed E-state index contributed by atoms with van der Waals surface area (Å²) in [6.07, 6.45) is 1.49. The highest BCUT2D eigenvalue weighted by Crippen LogP contribution is 2.28. The second-order valence-electron chi connectivity index (χ2n) is 6.37. The van der Waals surface area contributed by atoms with Crippen LogP contribution in [0.1, 0.15) is 16.8 Å². The monoisotopic (exact) mass is 375 g/mol. The number of hydrogen-bond acceptors (Lipinski definition) is 6. The van der Waals surface area contributed by atoms with Crippen molar-refractivity contribution in [3.8, 4) is 11.5 Å². The number of hydrogen-bond donors (Lipinski definition) is 1. The van der Waals surface area contributed by atoms with Crippen molar-refractivity contribution in [2.24, 2.45) is 0 Å². The predicted molar refractivity (Wildman–Crippen MR) is 107 cm³/mol. The van der Waals surface area contributed by atoms with Gasteiger partial charge in [0.05, 0.1) is 12.3 Å². The second kappa shape index (κ2) is 8.06. The van der Waals surface area contributed by atoms with E-state index in [0.717, 1.165) is 34.1 Å². The van der Waals surface area contributed by atoms with E-state index in [-0.39, 0.29) is 0 Å². The number of benzene rings is 2. The van der Waals surface area contributed by atoms with Crippen molar-refractivity contribution in [2.45, 2.75) is 20.1 Å². The van der Waals surface area contributed by atoms with Crippen LogP contribution in [0.3, 0.4) is 0 Å². The van der Waals surface area contributed by atoms with Gasteiger partial charge in [0.1, 0.15) is 23.6 Å². The molecule has 4 aromatic rings. The van der Waals surface area contributed by atoms with Crippen LogP contribution in [0.2, 0.25) is 0 Å². The molecule has 7 nitrogen and oxygen atoms in total. The molecule has 2 aromatic heterocycles. The highest BCUT2D eigenvalue weighted by molar-refractivity contribution is 5.47. The molecule has 0 aliphatic carbocycles. The van der Waals surface area contributed by atoms with Gasteiger partial charge in [-0.3, -0.25) is 0 Å². The lowest BCUT2D eigenvalue weighted by atomic mass is 10.2. The zero-order valence-electron chi connectivity index (χ0n) is 15.8. The van der Waals surface area contributed by atoms with Crippen LogP contribution in [0.4, 0.5) is 5.82 Å². The molecule has 0 saturated heterocycles. The third kappa shape index (κ3) is 3.79. The van der Waals surface area contributed by atoms with E-state index in [1.165, 1.54) is 6.33 Å². The van der Waals surface area contributed by atoms with E-state index >= 15 is 0 Å². The maximum Gasteiger partial charge on any atom is 0.254 e. The van der Waals surface area contributed by atoms with Crippen molar-refractivity contribution in [2.75, 3.05) is 12.4 Å². The average Bonchev–Trinajstić information content (AvgIpc) is 3.18. The van der Waals surface area contributed by atoms with Gasteiger partial charge in [-0.15, -0.1) is 0 Å². The summed E-state index contributed by atoms with van der Waals surface area (Å²) in [5.41, 5.74) is 2.91. The number of methoxy groups -OCH3 is 1. The molecular formula is C21H21N5O2. The molecule has 4 rings (SSSR count). The van der Waals surface area contributed by atoms with Gasteiger partial charge in [0.2, 0.25) is 0 Å². The van der Waals surface area contributed by atoms with Crippen molar-refractivity contribution < 1.29 is 9.47 Å². The molecular weight excluding hydrogens is 354 g/mol. The molecule has 0 unspecified atom stereocenters. The van der Waals surface area contributed by atoms with Gasteiger partial charge < -0.3 is 14.8 Å². The Balaban J connectivity index is 1.58. The zero-order chi connectivity index (χ0) is 19.3. The van der Waals surface area contributed by atoms with Crippen LogP contribution >= 0.6 is 0 Å². The van der Waals surface area contributed by atoms with Crippen molar-refractivity contribution >= 4 is 11.6 Å². The molecule has 0 aliphatic rings. The Hall–Kier alpha value is -3.45. The van der Waals surface area contributed by atoms with E-state index in [1.807, 2.05) is 61.5 Å². The standard InChI is InChI=1S/C21H21N5O2/c1-15-7-3-5-9-18(15)28-19-10-6-4-8-16(19)12-22-20-11-17(13-27-2)25-21-23-14-24-26(20)21/h3-11,14,22H,12-13H2,1-2H3. The van der Waals surface area contributed by atoms with Gasteiger partial charge in [-0.05, 0) is 24.6 Å². The van der Waals surface area contributed by atoms with Gasteiger partial charge in [0.25, 0.3) is 5.78 Å².